The number of benzene rings is 20. The van der Waals surface area contributed by atoms with Gasteiger partial charge in [-0.1, -0.05) is 309 Å². The fourth-order valence-corrected chi connectivity index (χ4v) is 21.5. The number of fused-ring (bicyclic) bond motifs is 23. The van der Waals surface area contributed by atoms with Crippen LogP contribution in [0.5, 0.6) is 0 Å². The smallest absolute Gasteiger partial charge is 0.0978 e. The van der Waals surface area contributed by atoms with Crippen molar-refractivity contribution in [1.29, 1.82) is 0 Å². The van der Waals surface area contributed by atoms with Crippen molar-refractivity contribution in [2.45, 2.75) is 0 Å². The van der Waals surface area contributed by atoms with Gasteiger partial charge in [0.25, 0.3) is 0 Å². The lowest BCUT2D eigenvalue weighted by atomic mass is 9.92. The van der Waals surface area contributed by atoms with Crippen molar-refractivity contribution in [2.75, 3.05) is 0 Å². The van der Waals surface area contributed by atoms with Crippen LogP contribution in [-0.4, -0.2) is 43.6 Å². The third kappa shape index (κ3) is 13.2. The molecule has 9 aromatic heterocycles. The molecule has 0 saturated carbocycles. The van der Waals surface area contributed by atoms with Crippen LogP contribution in [-0.2, 0) is 0 Å². The highest BCUT2D eigenvalue weighted by Crippen LogP contribution is 2.46. The van der Waals surface area contributed by atoms with Gasteiger partial charge in [0.05, 0.1) is 82.8 Å². The van der Waals surface area contributed by atoms with Crippen LogP contribution >= 0.6 is 0 Å². The summed E-state index contributed by atoms with van der Waals surface area (Å²) in [6, 6.07) is 165. The van der Waals surface area contributed by atoms with E-state index in [1.54, 1.807) is 0 Å². The molecule has 137 heavy (non-hydrogen) atoms. The molecule has 29 rings (SSSR count). The maximum absolute atomic E-state index is 5.11. The van der Waals surface area contributed by atoms with Crippen LogP contribution in [0.4, 0.5) is 0 Å². The molecule has 0 radical (unpaired) electrons. The molecule has 9 heterocycles. The molecular formula is C128H79N9. The highest BCUT2D eigenvalue weighted by Gasteiger charge is 2.23. The zero-order valence-electron chi connectivity index (χ0n) is 74.1. The Morgan fingerprint density at radius 1 is 0.139 bits per heavy atom. The van der Waals surface area contributed by atoms with E-state index in [2.05, 4.69) is 457 Å². The number of aromatic nitrogens is 9. The minimum absolute atomic E-state index is 0.934. The lowest BCUT2D eigenvalue weighted by molar-refractivity contribution is 1.18. The summed E-state index contributed by atoms with van der Waals surface area (Å²) in [7, 11) is 0. The van der Waals surface area contributed by atoms with Gasteiger partial charge in [-0.2, -0.15) is 0 Å². The summed E-state index contributed by atoms with van der Waals surface area (Å²) in [4.78, 5) is 29.5. The third-order valence-electron chi connectivity index (χ3n) is 27.7. The molecule has 0 amide bonds. The minimum atomic E-state index is 0.934. The number of hydrogen-bond acceptors (Lipinski definition) is 6. The highest BCUT2D eigenvalue weighted by molar-refractivity contribution is 6.21. The molecule has 0 saturated heterocycles. The van der Waals surface area contributed by atoms with Gasteiger partial charge in [0.2, 0.25) is 0 Å². The van der Waals surface area contributed by atoms with Crippen molar-refractivity contribution in [2.24, 2.45) is 0 Å². The second-order valence-electron chi connectivity index (χ2n) is 35.5. The summed E-state index contributed by atoms with van der Waals surface area (Å²) in [5, 5.41) is 22.6. The Morgan fingerprint density at radius 2 is 0.438 bits per heavy atom. The fourth-order valence-electron chi connectivity index (χ4n) is 21.5. The molecule has 0 spiro atoms. The molecule has 0 aliphatic heterocycles. The predicted molar refractivity (Wildman–Crippen MR) is 574 cm³/mol. The molecule has 29 aromatic rings. The molecule has 0 fully saturated rings. The summed E-state index contributed by atoms with van der Waals surface area (Å²) in [6.07, 6.45) is 5.55. The lowest BCUT2D eigenvalue weighted by Crippen LogP contribution is -1.94. The SMILES string of the molecule is c1cc(-c2ccc(-c3c4ccccc4nc4c3ccc3cccnc34)cc2)cc(-n2c3ccccc3c3ccccc32)c1.c1ccc(-n2c3ccccc3c3cc(-c4ccc5cc6cc(-c7c8ccccc8nc8c7ccc7cccnc78)ccc6cc5c4)ccc32)cc1.c1ccc(-n2c3ccccc3c3cc(-c4cccc(-c5c6ccccc6nc6c5ccc5cccnc56)c4)ccc32)cc1. The van der Waals surface area contributed by atoms with Gasteiger partial charge in [0.1, 0.15) is 0 Å². The predicted octanol–water partition coefficient (Wildman–Crippen LogP) is 33.4. The number of rotatable bonds is 9. The zero-order chi connectivity index (χ0) is 90.1. The topological polar surface area (TPSA) is 92.1 Å². The molecule has 636 valence electrons. The first kappa shape index (κ1) is 78.4. The largest absolute Gasteiger partial charge is 0.309 e. The number of para-hydroxylation sites is 9. The second kappa shape index (κ2) is 32.2. The van der Waals surface area contributed by atoms with Gasteiger partial charge >= 0.3 is 0 Å². The number of hydrogen-bond donors (Lipinski definition) is 0. The summed E-state index contributed by atoms with van der Waals surface area (Å²) >= 11 is 0. The Kier molecular flexibility index (Phi) is 18.5. The average Bonchev–Trinajstić information content (AvgIpc) is 1.60. The van der Waals surface area contributed by atoms with Gasteiger partial charge in [-0.05, 0) is 223 Å². The van der Waals surface area contributed by atoms with Crippen molar-refractivity contribution in [3.05, 3.63) is 480 Å². The summed E-state index contributed by atoms with van der Waals surface area (Å²) in [5.41, 5.74) is 33.6. The Balaban J connectivity index is 0.000000104. The Morgan fingerprint density at radius 3 is 0.891 bits per heavy atom. The molecular weight excluding hydrogens is 1660 g/mol. The van der Waals surface area contributed by atoms with E-state index in [4.69, 9.17) is 29.9 Å². The van der Waals surface area contributed by atoms with Crippen molar-refractivity contribution in [1.82, 2.24) is 43.6 Å². The van der Waals surface area contributed by atoms with Crippen LogP contribution in [0.25, 0.3) is 269 Å². The molecule has 20 aromatic carbocycles. The molecule has 9 heteroatoms. The molecule has 0 aliphatic carbocycles. The van der Waals surface area contributed by atoms with Gasteiger partial charge < -0.3 is 13.7 Å². The first-order valence-corrected chi connectivity index (χ1v) is 46.6. The van der Waals surface area contributed by atoms with Gasteiger partial charge in [-0.25, -0.2) is 15.0 Å². The highest BCUT2D eigenvalue weighted by atomic mass is 15.0. The number of pyridine rings is 6. The third-order valence-corrected chi connectivity index (χ3v) is 27.7. The fraction of sp³-hybridized carbons (Fsp3) is 0. The maximum atomic E-state index is 5.11. The molecule has 0 aliphatic rings. The van der Waals surface area contributed by atoms with Gasteiger partial charge in [-0.15, -0.1) is 0 Å². The van der Waals surface area contributed by atoms with Gasteiger partial charge in [0, 0.05) is 133 Å². The minimum Gasteiger partial charge on any atom is -0.309 e. The van der Waals surface area contributed by atoms with Crippen LogP contribution in [0.2, 0.25) is 0 Å². The first-order valence-electron chi connectivity index (χ1n) is 46.6. The molecule has 0 atom stereocenters. The lowest BCUT2D eigenvalue weighted by Gasteiger charge is -2.14. The van der Waals surface area contributed by atoms with E-state index in [1.807, 2.05) is 36.8 Å². The van der Waals surface area contributed by atoms with E-state index in [0.29, 0.717) is 0 Å². The normalized spacial score (nSPS) is 11.8. The van der Waals surface area contributed by atoms with Crippen molar-refractivity contribution < 1.29 is 0 Å². The van der Waals surface area contributed by atoms with E-state index in [0.717, 1.165) is 104 Å². The van der Waals surface area contributed by atoms with E-state index in [-0.39, 0.29) is 0 Å². The maximum Gasteiger partial charge on any atom is 0.0978 e. The summed E-state index contributed by atoms with van der Waals surface area (Å²) in [5.74, 6) is 0. The quantitative estimate of drug-likeness (QED) is 0.106. The standard InChI is InChI=1S/C48H29N3.2C40H25N3/c1-2-10-38(11-3-1)51-44-15-7-5-12-39(44)42-29-34(21-23-45(42)51)31-16-17-32-27-37-28-35(19-18-33(37)26-36(32)25-31)46-40-13-4-6-14-43(40)50-48-41(46)22-20-30-9-8-24-49-47(30)48;1-4-15-35-33(14-1)38(34-23-22-28-10-8-24-41-39(28)40(34)42-35)27-20-18-26(19-21-27)29-9-7-11-30(25-29)43-36-16-5-2-12-31(36)32-13-3-6-17-37(32)43;1-2-13-30(14-3-1)43-36-18-7-5-15-31(36)34-25-28(20-22-37(34)43)27-10-8-11-29(24-27)38-32-16-4-6-17-35(32)42-40-33(38)21-19-26-12-9-23-41-39(26)40/h1-29H;2*1-25H. The second-order valence-corrected chi connectivity index (χ2v) is 35.5. The molecule has 9 nitrogen and oxygen atoms in total. The molecule has 0 bridgehead atoms. The van der Waals surface area contributed by atoms with Crippen LogP contribution in [0.3, 0.4) is 0 Å². The van der Waals surface area contributed by atoms with Crippen molar-refractivity contribution >= 4 is 185 Å². The van der Waals surface area contributed by atoms with Crippen molar-refractivity contribution in [3.63, 3.8) is 0 Å². The van der Waals surface area contributed by atoms with Crippen LogP contribution in [0, 0.1) is 0 Å². The Hall–Kier alpha value is -18.4. The van der Waals surface area contributed by atoms with Gasteiger partial charge in [-0.3, -0.25) is 15.0 Å². The van der Waals surface area contributed by atoms with Gasteiger partial charge in [0.15, 0.2) is 0 Å². The van der Waals surface area contributed by atoms with E-state index in [9.17, 15) is 0 Å². The zero-order valence-corrected chi connectivity index (χ0v) is 74.1. The summed E-state index contributed by atoms with van der Waals surface area (Å²) < 4.78 is 7.10. The number of nitrogens with zero attached hydrogens (tertiary/aromatic N) is 9. The molecule has 0 unspecified atom stereocenters. The first-order chi connectivity index (χ1) is 67.9. The summed E-state index contributed by atoms with van der Waals surface area (Å²) in [6.45, 7) is 0. The van der Waals surface area contributed by atoms with Crippen LogP contribution in [0.1, 0.15) is 0 Å². The Bertz CT molecular complexity index is 9960. The Labute approximate surface area is 786 Å². The average molecular weight is 1740 g/mol. The van der Waals surface area contributed by atoms with Crippen LogP contribution in [0.15, 0.2) is 480 Å². The van der Waals surface area contributed by atoms with Crippen LogP contribution < -0.4 is 0 Å². The van der Waals surface area contributed by atoms with Crippen molar-refractivity contribution in [3.8, 4) is 83.8 Å². The monoisotopic (exact) mass is 1740 g/mol. The van der Waals surface area contributed by atoms with E-state index in [1.165, 1.54) is 165 Å². The van der Waals surface area contributed by atoms with E-state index < -0.39 is 0 Å². The van der Waals surface area contributed by atoms with E-state index >= 15 is 0 Å². The molecule has 0 N–H and O–H groups in total.